The topological polar surface area (TPSA) is 78.9 Å². The minimum Gasteiger partial charge on any atom is -0.494 e. The number of sulfonamides is 1. The summed E-state index contributed by atoms with van der Waals surface area (Å²) in [7, 11) is 1.03. The second-order valence-electron chi connectivity index (χ2n) is 6.21. The minimum atomic E-state index is -3.82. The van der Waals surface area contributed by atoms with Crippen LogP contribution in [0.5, 0.6) is 5.75 Å². The van der Waals surface area contributed by atoms with E-state index in [0.29, 0.717) is 29.2 Å². The lowest BCUT2D eigenvalue weighted by Crippen LogP contribution is -2.36. The lowest BCUT2D eigenvalue weighted by atomic mass is 10.1. The molecule has 0 saturated carbocycles. The SMILES string of the molecule is CCOc1ccc(N(C)S(=O)(=O)c2ccc(C)c(C(=O)NN(C)C)c2)cc1. The number of ether oxygens (including phenoxy) is 1. The first-order chi connectivity index (χ1) is 12.7. The van der Waals surface area contributed by atoms with Gasteiger partial charge in [0.05, 0.1) is 17.2 Å². The number of hydrogen-bond acceptors (Lipinski definition) is 5. The number of aryl methyl sites for hydroxylation is 1. The van der Waals surface area contributed by atoms with E-state index in [-0.39, 0.29) is 10.8 Å². The average molecular weight is 391 g/mol. The number of benzene rings is 2. The number of nitrogens with zero attached hydrogens (tertiary/aromatic N) is 2. The molecule has 8 heteroatoms. The molecular formula is C19H25N3O4S. The Morgan fingerprint density at radius 2 is 1.70 bits per heavy atom. The van der Waals surface area contributed by atoms with Gasteiger partial charge in [0.2, 0.25) is 0 Å². The summed E-state index contributed by atoms with van der Waals surface area (Å²) in [6.07, 6.45) is 0. The number of anilines is 1. The fraction of sp³-hybridized carbons (Fsp3) is 0.316. The fourth-order valence-electron chi connectivity index (χ4n) is 2.49. The molecule has 0 aliphatic rings. The van der Waals surface area contributed by atoms with Crippen LogP contribution in [-0.4, -0.2) is 47.1 Å². The van der Waals surface area contributed by atoms with E-state index in [2.05, 4.69) is 5.43 Å². The Labute approximate surface area is 160 Å². The molecule has 146 valence electrons. The highest BCUT2D eigenvalue weighted by Gasteiger charge is 2.23. The molecule has 2 aromatic rings. The Bertz CT molecular complexity index is 909. The van der Waals surface area contributed by atoms with Crippen LogP contribution >= 0.6 is 0 Å². The molecule has 0 atom stereocenters. The normalized spacial score (nSPS) is 11.3. The highest BCUT2D eigenvalue weighted by Crippen LogP contribution is 2.25. The zero-order valence-electron chi connectivity index (χ0n) is 16.2. The number of rotatable bonds is 7. The molecule has 0 unspecified atom stereocenters. The van der Waals surface area contributed by atoms with Gasteiger partial charge in [-0.05, 0) is 55.8 Å². The summed E-state index contributed by atoms with van der Waals surface area (Å²) in [5.74, 6) is 0.309. The van der Waals surface area contributed by atoms with E-state index >= 15 is 0 Å². The maximum absolute atomic E-state index is 13.0. The van der Waals surface area contributed by atoms with Crippen LogP contribution in [0, 0.1) is 6.92 Å². The molecule has 0 spiro atoms. The summed E-state index contributed by atoms with van der Waals surface area (Å²) in [6, 6.07) is 11.3. The molecule has 27 heavy (non-hydrogen) atoms. The van der Waals surface area contributed by atoms with E-state index < -0.39 is 10.0 Å². The first-order valence-electron chi connectivity index (χ1n) is 8.47. The van der Waals surface area contributed by atoms with Crippen molar-refractivity contribution in [2.45, 2.75) is 18.7 Å². The molecule has 0 aromatic heterocycles. The second kappa shape index (κ2) is 8.41. The van der Waals surface area contributed by atoms with E-state index in [9.17, 15) is 13.2 Å². The van der Waals surface area contributed by atoms with Gasteiger partial charge < -0.3 is 4.74 Å². The largest absolute Gasteiger partial charge is 0.494 e. The molecule has 0 radical (unpaired) electrons. The van der Waals surface area contributed by atoms with E-state index in [4.69, 9.17) is 4.74 Å². The Morgan fingerprint density at radius 3 is 2.26 bits per heavy atom. The predicted octanol–water partition coefficient (Wildman–Crippen LogP) is 2.43. The third-order valence-electron chi connectivity index (χ3n) is 3.95. The van der Waals surface area contributed by atoms with Gasteiger partial charge in [0, 0.05) is 26.7 Å². The lowest BCUT2D eigenvalue weighted by molar-refractivity contribution is 0.0856. The molecule has 0 aliphatic carbocycles. The summed E-state index contributed by atoms with van der Waals surface area (Å²) in [6.45, 7) is 4.18. The van der Waals surface area contributed by atoms with Crippen molar-refractivity contribution in [2.75, 3.05) is 32.1 Å². The summed E-state index contributed by atoms with van der Waals surface area (Å²) < 4.78 is 32.6. The van der Waals surface area contributed by atoms with E-state index in [0.717, 1.165) is 0 Å². The molecule has 0 heterocycles. The van der Waals surface area contributed by atoms with Crippen LogP contribution in [0.15, 0.2) is 47.4 Å². The minimum absolute atomic E-state index is 0.0494. The maximum atomic E-state index is 13.0. The van der Waals surface area contributed by atoms with Crippen LogP contribution in [0.2, 0.25) is 0 Å². The van der Waals surface area contributed by atoms with Gasteiger partial charge in [-0.1, -0.05) is 6.07 Å². The third kappa shape index (κ3) is 4.78. The first kappa shape index (κ1) is 20.7. The van der Waals surface area contributed by atoms with Crippen LogP contribution in [0.4, 0.5) is 5.69 Å². The van der Waals surface area contributed by atoms with Crippen molar-refractivity contribution in [3.8, 4) is 5.75 Å². The molecule has 0 aliphatic heterocycles. The van der Waals surface area contributed by atoms with Gasteiger partial charge in [-0.25, -0.2) is 13.4 Å². The van der Waals surface area contributed by atoms with Crippen molar-refractivity contribution in [1.29, 1.82) is 0 Å². The van der Waals surface area contributed by atoms with Gasteiger partial charge in [-0.3, -0.25) is 14.5 Å². The number of hydrazine groups is 1. The number of carbonyl (C=O) groups excluding carboxylic acids is 1. The highest BCUT2D eigenvalue weighted by atomic mass is 32.2. The Kier molecular flexibility index (Phi) is 6.45. The summed E-state index contributed by atoms with van der Waals surface area (Å²) in [5, 5.41) is 1.51. The van der Waals surface area contributed by atoms with Crippen LogP contribution in [0.1, 0.15) is 22.8 Å². The van der Waals surface area contributed by atoms with Crippen molar-refractivity contribution >= 4 is 21.6 Å². The fourth-order valence-corrected chi connectivity index (χ4v) is 3.71. The molecule has 0 fully saturated rings. The lowest BCUT2D eigenvalue weighted by Gasteiger charge is -2.21. The quantitative estimate of drug-likeness (QED) is 0.734. The van der Waals surface area contributed by atoms with E-state index in [1.54, 1.807) is 51.4 Å². The molecule has 1 N–H and O–H groups in total. The Hall–Kier alpha value is -2.58. The molecule has 0 saturated heterocycles. The predicted molar refractivity (Wildman–Crippen MR) is 106 cm³/mol. The monoisotopic (exact) mass is 391 g/mol. The van der Waals surface area contributed by atoms with Crippen LogP contribution in [0.3, 0.4) is 0 Å². The van der Waals surface area contributed by atoms with Gasteiger partial charge in [-0.15, -0.1) is 0 Å². The van der Waals surface area contributed by atoms with Gasteiger partial charge in [0.15, 0.2) is 0 Å². The van der Waals surface area contributed by atoms with E-state index in [1.807, 2.05) is 6.92 Å². The van der Waals surface area contributed by atoms with Crippen LogP contribution < -0.4 is 14.5 Å². The molecule has 2 rings (SSSR count). The zero-order chi connectivity index (χ0) is 20.2. The molecular weight excluding hydrogens is 366 g/mol. The summed E-state index contributed by atoms with van der Waals surface area (Å²) in [4.78, 5) is 12.4. The van der Waals surface area contributed by atoms with Gasteiger partial charge in [0.1, 0.15) is 5.75 Å². The number of carbonyl (C=O) groups is 1. The molecule has 2 aromatic carbocycles. The molecule has 0 bridgehead atoms. The highest BCUT2D eigenvalue weighted by molar-refractivity contribution is 7.92. The Balaban J connectivity index is 2.36. The van der Waals surface area contributed by atoms with Crippen molar-refractivity contribution in [2.24, 2.45) is 0 Å². The number of amides is 1. The van der Waals surface area contributed by atoms with Crippen LogP contribution in [0.25, 0.3) is 0 Å². The summed E-state index contributed by atoms with van der Waals surface area (Å²) >= 11 is 0. The standard InChI is InChI=1S/C19H25N3O4S/c1-6-26-16-10-8-15(9-11-16)22(5)27(24,25)17-12-7-14(2)18(13-17)19(23)20-21(3)4/h7-13H,6H2,1-5H3,(H,20,23). The smallest absolute Gasteiger partial charge is 0.265 e. The average Bonchev–Trinajstić information content (AvgIpc) is 2.61. The summed E-state index contributed by atoms with van der Waals surface area (Å²) in [5.41, 5.74) is 4.13. The van der Waals surface area contributed by atoms with Crippen LogP contribution in [-0.2, 0) is 10.0 Å². The number of nitrogens with one attached hydrogen (secondary N) is 1. The Morgan fingerprint density at radius 1 is 1.07 bits per heavy atom. The molecule has 1 amide bonds. The number of hydrogen-bond donors (Lipinski definition) is 1. The van der Waals surface area contributed by atoms with Crippen molar-refractivity contribution in [3.63, 3.8) is 0 Å². The van der Waals surface area contributed by atoms with Crippen molar-refractivity contribution in [3.05, 3.63) is 53.6 Å². The van der Waals surface area contributed by atoms with Gasteiger partial charge in [-0.2, -0.15) is 0 Å². The zero-order valence-corrected chi connectivity index (χ0v) is 17.0. The van der Waals surface area contributed by atoms with Gasteiger partial charge in [0.25, 0.3) is 15.9 Å². The van der Waals surface area contributed by atoms with Gasteiger partial charge >= 0.3 is 0 Å². The maximum Gasteiger partial charge on any atom is 0.265 e. The third-order valence-corrected chi connectivity index (χ3v) is 5.73. The van der Waals surface area contributed by atoms with E-state index in [1.165, 1.54) is 28.5 Å². The van der Waals surface area contributed by atoms with Crippen molar-refractivity contribution < 1.29 is 17.9 Å². The first-order valence-corrected chi connectivity index (χ1v) is 9.91. The molecule has 7 nitrogen and oxygen atoms in total. The second-order valence-corrected chi connectivity index (χ2v) is 8.18. The van der Waals surface area contributed by atoms with Crippen molar-refractivity contribution in [1.82, 2.24) is 10.4 Å².